The molecule has 0 aliphatic heterocycles. The molecule has 1 atom stereocenters. The van der Waals surface area contributed by atoms with E-state index in [-0.39, 0.29) is 11.3 Å². The van der Waals surface area contributed by atoms with Crippen LogP contribution in [0, 0.1) is 0 Å². The molecule has 0 radical (unpaired) electrons. The second kappa shape index (κ2) is 3.88. The highest BCUT2D eigenvalue weighted by Gasteiger charge is 2.38. The second-order valence-electron chi connectivity index (χ2n) is 3.89. The molecule has 0 fully saturated rings. The van der Waals surface area contributed by atoms with Crippen molar-refractivity contribution in [3.05, 3.63) is 29.8 Å². The highest BCUT2D eigenvalue weighted by Crippen LogP contribution is 2.36. The molecule has 82 valence electrons. The average Bonchev–Trinajstić information content (AvgIpc) is 2.05. The summed E-state index contributed by atoms with van der Waals surface area (Å²) in [4.78, 5) is 10.9. The van der Waals surface area contributed by atoms with Crippen molar-refractivity contribution in [3.8, 4) is 5.75 Å². The molecule has 0 saturated carbocycles. The van der Waals surface area contributed by atoms with Crippen molar-refractivity contribution in [1.29, 1.82) is 0 Å². The number of aromatic hydroxyl groups is 1. The number of phenols is 1. The second-order valence-corrected chi connectivity index (χ2v) is 3.89. The first-order chi connectivity index (χ1) is 6.84. The third-order valence-corrected chi connectivity index (χ3v) is 2.18. The lowest BCUT2D eigenvalue weighted by Crippen LogP contribution is -2.30. The monoisotopic (exact) mass is 212 g/mol. The molecule has 4 heteroatoms. The van der Waals surface area contributed by atoms with E-state index in [2.05, 4.69) is 0 Å². The first-order valence-corrected chi connectivity index (χ1v) is 4.53. The number of carbonyl (C=O) groups is 1. The van der Waals surface area contributed by atoms with Crippen molar-refractivity contribution < 1.29 is 19.4 Å². The summed E-state index contributed by atoms with van der Waals surface area (Å²) in [6.07, 6.45) is 0. The fourth-order valence-corrected chi connectivity index (χ4v) is 1.53. The molecule has 1 aromatic rings. The van der Waals surface area contributed by atoms with Crippen molar-refractivity contribution >= 4 is 5.97 Å². The Balaban J connectivity index is 3.23. The van der Waals surface area contributed by atoms with Gasteiger partial charge in [0, 0.05) is 5.56 Å². The largest absolute Gasteiger partial charge is 0.508 e. The molecule has 3 nitrogen and oxygen atoms in total. The number of carboxylic acids is 1. The summed E-state index contributed by atoms with van der Waals surface area (Å²) >= 11 is 0. The molecule has 0 amide bonds. The molecule has 0 aliphatic carbocycles. The Morgan fingerprint density at radius 1 is 1.40 bits per heavy atom. The normalized spacial score (nSPS) is 13.5. The molecule has 1 rings (SSSR count). The zero-order valence-electron chi connectivity index (χ0n) is 8.57. The number of aliphatic carboxylic acids is 1. The number of carboxylic acid groups (broad SMARTS) is 1. The number of hydrogen-bond acceptors (Lipinski definition) is 2. The Morgan fingerprint density at radius 3 is 2.33 bits per heavy atom. The van der Waals surface area contributed by atoms with Gasteiger partial charge in [0.05, 0.1) is 0 Å². The van der Waals surface area contributed by atoms with Crippen molar-refractivity contribution in [3.63, 3.8) is 0 Å². The van der Waals surface area contributed by atoms with Gasteiger partial charge in [0.1, 0.15) is 17.3 Å². The third kappa shape index (κ3) is 2.46. The maximum Gasteiger partial charge on any atom is 0.314 e. The van der Waals surface area contributed by atoms with Crippen LogP contribution in [0.25, 0.3) is 0 Å². The van der Waals surface area contributed by atoms with Gasteiger partial charge in [-0.3, -0.25) is 4.79 Å². The van der Waals surface area contributed by atoms with Crippen LogP contribution in [0.4, 0.5) is 4.39 Å². The fourth-order valence-electron chi connectivity index (χ4n) is 1.53. The van der Waals surface area contributed by atoms with Crippen LogP contribution in [0.1, 0.15) is 25.3 Å². The Bertz CT molecular complexity index is 368. The minimum atomic E-state index is -1.93. The van der Waals surface area contributed by atoms with Gasteiger partial charge in [0.15, 0.2) is 0 Å². The van der Waals surface area contributed by atoms with E-state index in [1.165, 1.54) is 26.0 Å². The summed E-state index contributed by atoms with van der Waals surface area (Å²) in [5, 5.41) is 18.4. The van der Waals surface area contributed by atoms with Gasteiger partial charge in [-0.05, 0) is 19.9 Å². The lowest BCUT2D eigenvalue weighted by atomic mass is 9.85. The first kappa shape index (κ1) is 11.5. The predicted octanol–water partition coefficient (Wildman–Crippen LogP) is 2.31. The SMILES string of the molecule is CC(C)(F)C(C(=O)O)c1ccccc1O. The van der Waals surface area contributed by atoms with Gasteiger partial charge < -0.3 is 10.2 Å². The zero-order valence-corrected chi connectivity index (χ0v) is 8.57. The summed E-state index contributed by atoms with van der Waals surface area (Å²) in [6, 6.07) is 5.88. The lowest BCUT2D eigenvalue weighted by Gasteiger charge is -2.23. The number of phenolic OH excluding ortho intramolecular Hbond substituents is 1. The van der Waals surface area contributed by atoms with Crippen LogP contribution < -0.4 is 0 Å². The predicted molar refractivity (Wildman–Crippen MR) is 53.7 cm³/mol. The number of para-hydroxylation sites is 1. The minimum Gasteiger partial charge on any atom is -0.508 e. The average molecular weight is 212 g/mol. The van der Waals surface area contributed by atoms with Gasteiger partial charge in [0.25, 0.3) is 0 Å². The van der Waals surface area contributed by atoms with Crippen LogP contribution in [0.5, 0.6) is 5.75 Å². The quantitative estimate of drug-likeness (QED) is 0.808. The zero-order chi connectivity index (χ0) is 11.6. The van der Waals surface area contributed by atoms with Gasteiger partial charge in [-0.15, -0.1) is 0 Å². The number of hydrogen-bond donors (Lipinski definition) is 2. The van der Waals surface area contributed by atoms with E-state index < -0.39 is 17.6 Å². The van der Waals surface area contributed by atoms with Crippen LogP contribution in [0.15, 0.2) is 24.3 Å². The molecular weight excluding hydrogens is 199 g/mol. The van der Waals surface area contributed by atoms with Crippen LogP contribution in [-0.4, -0.2) is 21.9 Å². The smallest absolute Gasteiger partial charge is 0.314 e. The van der Waals surface area contributed by atoms with Gasteiger partial charge in [0.2, 0.25) is 0 Å². The Morgan fingerprint density at radius 2 is 1.93 bits per heavy atom. The molecule has 0 bridgehead atoms. The molecule has 0 heterocycles. The van der Waals surface area contributed by atoms with Gasteiger partial charge in [-0.2, -0.15) is 0 Å². The molecule has 0 spiro atoms. The van der Waals surface area contributed by atoms with Crippen molar-refractivity contribution in [1.82, 2.24) is 0 Å². The molecule has 0 saturated heterocycles. The van der Waals surface area contributed by atoms with E-state index in [4.69, 9.17) is 5.11 Å². The highest BCUT2D eigenvalue weighted by atomic mass is 19.1. The molecule has 1 unspecified atom stereocenters. The summed E-state index contributed by atoms with van der Waals surface area (Å²) in [7, 11) is 0. The maximum absolute atomic E-state index is 13.7. The van der Waals surface area contributed by atoms with Crippen LogP contribution in [0.2, 0.25) is 0 Å². The van der Waals surface area contributed by atoms with Crippen molar-refractivity contribution in [2.45, 2.75) is 25.4 Å². The van der Waals surface area contributed by atoms with Gasteiger partial charge >= 0.3 is 5.97 Å². The summed E-state index contributed by atoms with van der Waals surface area (Å²) in [5.74, 6) is -2.85. The van der Waals surface area contributed by atoms with Crippen LogP contribution in [-0.2, 0) is 4.79 Å². The maximum atomic E-state index is 13.7. The third-order valence-electron chi connectivity index (χ3n) is 2.18. The van der Waals surface area contributed by atoms with Gasteiger partial charge in [-0.1, -0.05) is 18.2 Å². The van der Waals surface area contributed by atoms with E-state index in [0.29, 0.717) is 0 Å². The molecular formula is C11H13FO3. The topological polar surface area (TPSA) is 57.5 Å². The number of halogens is 1. The Labute approximate surface area is 87.2 Å². The number of benzene rings is 1. The van der Waals surface area contributed by atoms with Crippen molar-refractivity contribution in [2.24, 2.45) is 0 Å². The first-order valence-electron chi connectivity index (χ1n) is 4.53. The van der Waals surface area contributed by atoms with E-state index in [9.17, 15) is 14.3 Å². The Kier molecular flexibility index (Phi) is 2.98. The van der Waals surface area contributed by atoms with Crippen LogP contribution in [0.3, 0.4) is 0 Å². The Hall–Kier alpha value is -1.58. The van der Waals surface area contributed by atoms with E-state index >= 15 is 0 Å². The standard InChI is InChI=1S/C11H13FO3/c1-11(2,12)9(10(14)15)7-5-3-4-6-8(7)13/h3-6,9,13H,1-2H3,(H,14,15). The van der Waals surface area contributed by atoms with Crippen LogP contribution >= 0.6 is 0 Å². The van der Waals surface area contributed by atoms with Crippen molar-refractivity contribution in [2.75, 3.05) is 0 Å². The summed E-state index contributed by atoms with van der Waals surface area (Å²) < 4.78 is 13.7. The molecule has 15 heavy (non-hydrogen) atoms. The molecule has 0 aromatic heterocycles. The van der Waals surface area contributed by atoms with E-state index in [1.54, 1.807) is 12.1 Å². The number of alkyl halides is 1. The minimum absolute atomic E-state index is 0.0949. The van der Waals surface area contributed by atoms with E-state index in [0.717, 1.165) is 0 Å². The lowest BCUT2D eigenvalue weighted by molar-refractivity contribution is -0.142. The summed E-state index contributed by atoms with van der Waals surface area (Å²) in [5.41, 5.74) is -1.83. The highest BCUT2D eigenvalue weighted by molar-refractivity contribution is 5.78. The molecule has 2 N–H and O–H groups in total. The summed E-state index contributed by atoms with van der Waals surface area (Å²) in [6.45, 7) is 2.36. The number of rotatable bonds is 3. The molecule has 0 aliphatic rings. The van der Waals surface area contributed by atoms with Gasteiger partial charge in [-0.25, -0.2) is 4.39 Å². The fraction of sp³-hybridized carbons (Fsp3) is 0.364. The molecule has 1 aromatic carbocycles. The van der Waals surface area contributed by atoms with E-state index in [1.807, 2.05) is 0 Å².